The first-order chi connectivity index (χ1) is 29.2. The van der Waals surface area contributed by atoms with Crippen molar-refractivity contribution in [1.29, 1.82) is 0 Å². The Balaban J connectivity index is 0.939. The van der Waals surface area contributed by atoms with E-state index >= 15 is 0 Å². The lowest BCUT2D eigenvalue weighted by atomic mass is 9.83. The summed E-state index contributed by atoms with van der Waals surface area (Å²) in [5, 5.41) is 2.45. The maximum atomic E-state index is 5.11. The highest BCUT2D eigenvalue weighted by Crippen LogP contribution is 2.53. The summed E-state index contributed by atoms with van der Waals surface area (Å²) in [6, 6.07) is 63.5. The van der Waals surface area contributed by atoms with E-state index in [2.05, 4.69) is 133 Å². The molecule has 9 aromatic rings. The van der Waals surface area contributed by atoms with Gasteiger partial charge in [0.2, 0.25) is 0 Å². The van der Waals surface area contributed by atoms with E-state index in [4.69, 9.17) is 24.9 Å². The minimum atomic E-state index is 0.613. The summed E-state index contributed by atoms with van der Waals surface area (Å²) < 4.78 is 0. The van der Waals surface area contributed by atoms with Gasteiger partial charge in [-0.25, -0.2) is 24.9 Å². The van der Waals surface area contributed by atoms with Crippen molar-refractivity contribution in [2.45, 2.75) is 31.6 Å². The zero-order valence-corrected chi connectivity index (χ0v) is 32.6. The van der Waals surface area contributed by atoms with E-state index in [1.54, 1.807) is 0 Å². The maximum Gasteiger partial charge on any atom is 0.164 e. The Labute approximate surface area is 344 Å². The summed E-state index contributed by atoms with van der Waals surface area (Å²) in [5.41, 5.74) is 11.5. The van der Waals surface area contributed by atoms with Gasteiger partial charge in [0, 0.05) is 33.4 Å². The standard InChI is InChI=1S/C54H41N5/c1-3-11-41(12-4-1)51-55-49(39-24-20-38(21-25-39)48-33-35-18-19-45(48)32-35)34-50(56-51)40-26-30-44(31-27-40)54-58-52(42-13-5-2-6-14-42)57-53(59-54)43-28-22-37(23-29-43)47-17-9-15-36-10-7-8-16-46(36)47/h1-17,20-31,34-35,45,48H,18-19,32-33H2. The van der Waals surface area contributed by atoms with Crippen LogP contribution in [0.25, 0.3) is 90.0 Å². The molecule has 0 saturated heterocycles. The number of aromatic nitrogens is 5. The first-order valence-corrected chi connectivity index (χ1v) is 20.7. The molecule has 0 spiro atoms. The fraction of sp³-hybridized carbons (Fsp3) is 0.130. The fourth-order valence-electron chi connectivity index (χ4n) is 9.43. The van der Waals surface area contributed by atoms with Crippen molar-refractivity contribution in [1.82, 2.24) is 24.9 Å². The molecule has 0 aliphatic heterocycles. The third-order valence-corrected chi connectivity index (χ3v) is 12.5. The van der Waals surface area contributed by atoms with E-state index < -0.39 is 0 Å². The van der Waals surface area contributed by atoms with Gasteiger partial charge in [0.25, 0.3) is 0 Å². The third-order valence-electron chi connectivity index (χ3n) is 12.5. The Morgan fingerprint density at radius 3 is 1.39 bits per heavy atom. The van der Waals surface area contributed by atoms with Crippen molar-refractivity contribution in [3.8, 4) is 79.2 Å². The van der Waals surface area contributed by atoms with Crippen LogP contribution in [-0.2, 0) is 0 Å². The van der Waals surface area contributed by atoms with Crippen LogP contribution in [-0.4, -0.2) is 24.9 Å². The predicted octanol–water partition coefficient (Wildman–Crippen LogP) is 13.4. The normalized spacial score (nSPS) is 17.1. The average molecular weight is 760 g/mol. The van der Waals surface area contributed by atoms with Crippen LogP contribution in [0.2, 0.25) is 0 Å². The Kier molecular flexibility index (Phi) is 8.92. The van der Waals surface area contributed by atoms with Crippen molar-refractivity contribution >= 4 is 10.8 Å². The Morgan fingerprint density at radius 2 is 0.831 bits per heavy atom. The van der Waals surface area contributed by atoms with Crippen LogP contribution in [0.1, 0.15) is 37.2 Å². The maximum absolute atomic E-state index is 5.11. The summed E-state index contributed by atoms with van der Waals surface area (Å²) in [6.45, 7) is 0. The Hall–Kier alpha value is -7.11. The first kappa shape index (κ1) is 35.1. The number of nitrogens with zero attached hydrogens (tertiary/aromatic N) is 5. The molecule has 0 amide bonds. The lowest BCUT2D eigenvalue weighted by Crippen LogP contribution is -2.08. The van der Waals surface area contributed by atoms with Gasteiger partial charge < -0.3 is 0 Å². The van der Waals surface area contributed by atoms with Gasteiger partial charge in [-0.2, -0.15) is 0 Å². The van der Waals surface area contributed by atoms with Crippen LogP contribution >= 0.6 is 0 Å². The first-order valence-electron chi connectivity index (χ1n) is 20.7. The lowest BCUT2D eigenvalue weighted by Gasteiger charge is -2.22. The second-order valence-electron chi connectivity index (χ2n) is 16.1. The van der Waals surface area contributed by atoms with Crippen LogP contribution in [0.15, 0.2) is 182 Å². The van der Waals surface area contributed by atoms with Crippen molar-refractivity contribution in [2.24, 2.45) is 11.8 Å². The fourth-order valence-corrected chi connectivity index (χ4v) is 9.43. The minimum Gasteiger partial charge on any atom is -0.228 e. The molecule has 2 aromatic heterocycles. The second kappa shape index (κ2) is 15.0. The third kappa shape index (κ3) is 6.89. The Bertz CT molecular complexity index is 2920. The van der Waals surface area contributed by atoms with Gasteiger partial charge in [-0.15, -0.1) is 0 Å². The molecule has 2 aliphatic rings. The highest BCUT2D eigenvalue weighted by molar-refractivity contribution is 5.96. The van der Waals surface area contributed by atoms with Gasteiger partial charge in [0.1, 0.15) is 0 Å². The molecule has 3 atom stereocenters. The van der Waals surface area contributed by atoms with Gasteiger partial charge in [-0.3, -0.25) is 0 Å². The van der Waals surface area contributed by atoms with Crippen molar-refractivity contribution in [3.63, 3.8) is 0 Å². The van der Waals surface area contributed by atoms with Crippen molar-refractivity contribution in [3.05, 3.63) is 188 Å². The topological polar surface area (TPSA) is 64.5 Å². The number of benzene rings is 7. The van der Waals surface area contributed by atoms with E-state index in [1.807, 2.05) is 48.5 Å². The summed E-state index contributed by atoms with van der Waals surface area (Å²) in [7, 11) is 0. The van der Waals surface area contributed by atoms with Crippen LogP contribution in [0.3, 0.4) is 0 Å². The molecule has 2 aliphatic carbocycles. The number of fused-ring (bicyclic) bond motifs is 3. The molecule has 5 nitrogen and oxygen atoms in total. The number of hydrogen-bond acceptors (Lipinski definition) is 5. The number of hydrogen-bond donors (Lipinski definition) is 0. The highest BCUT2D eigenvalue weighted by atomic mass is 15.0. The van der Waals surface area contributed by atoms with Crippen molar-refractivity contribution < 1.29 is 0 Å². The molecule has 3 unspecified atom stereocenters. The summed E-state index contributed by atoms with van der Waals surface area (Å²) >= 11 is 0. The molecular weight excluding hydrogens is 719 g/mol. The van der Waals surface area contributed by atoms with Gasteiger partial charge >= 0.3 is 0 Å². The average Bonchev–Trinajstić information content (AvgIpc) is 3.97. The molecule has 282 valence electrons. The minimum absolute atomic E-state index is 0.613. The van der Waals surface area contributed by atoms with Crippen LogP contribution in [0.5, 0.6) is 0 Å². The monoisotopic (exact) mass is 759 g/mol. The molecular formula is C54H41N5. The van der Waals surface area contributed by atoms with Gasteiger partial charge in [-0.05, 0) is 70.5 Å². The molecule has 7 aromatic carbocycles. The predicted molar refractivity (Wildman–Crippen MR) is 239 cm³/mol. The van der Waals surface area contributed by atoms with Gasteiger partial charge in [0.05, 0.1) is 11.4 Å². The molecule has 59 heavy (non-hydrogen) atoms. The smallest absolute Gasteiger partial charge is 0.164 e. The van der Waals surface area contributed by atoms with Gasteiger partial charge in [0.15, 0.2) is 23.3 Å². The lowest BCUT2D eigenvalue weighted by molar-refractivity contribution is 0.420. The van der Waals surface area contributed by atoms with Crippen LogP contribution in [0, 0.1) is 11.8 Å². The summed E-state index contributed by atoms with van der Waals surface area (Å²) in [4.78, 5) is 25.3. The molecule has 0 N–H and O–H groups in total. The molecule has 2 fully saturated rings. The van der Waals surface area contributed by atoms with Crippen molar-refractivity contribution in [2.75, 3.05) is 0 Å². The van der Waals surface area contributed by atoms with Crippen LogP contribution < -0.4 is 0 Å². The van der Waals surface area contributed by atoms with E-state index in [9.17, 15) is 0 Å². The molecule has 11 rings (SSSR count). The number of rotatable bonds is 8. The molecule has 2 saturated carbocycles. The zero-order chi connectivity index (χ0) is 39.1. The van der Waals surface area contributed by atoms with Gasteiger partial charge in [-0.1, -0.05) is 182 Å². The summed E-state index contributed by atoms with van der Waals surface area (Å²) in [5.74, 6) is 5.06. The largest absolute Gasteiger partial charge is 0.228 e. The molecule has 0 radical (unpaired) electrons. The van der Waals surface area contributed by atoms with E-state index in [-0.39, 0.29) is 0 Å². The van der Waals surface area contributed by atoms with Crippen LogP contribution in [0.4, 0.5) is 0 Å². The highest BCUT2D eigenvalue weighted by Gasteiger charge is 2.40. The summed E-state index contributed by atoms with van der Waals surface area (Å²) in [6.07, 6.45) is 5.55. The quantitative estimate of drug-likeness (QED) is 0.154. The van der Waals surface area contributed by atoms with E-state index in [1.165, 1.54) is 47.6 Å². The molecule has 2 bridgehead atoms. The zero-order valence-electron chi connectivity index (χ0n) is 32.6. The SMILES string of the molecule is c1ccc(-c2nc(-c3ccc(-c4nc(-c5ccccc5)nc(-c5ccc(-c6cccc7ccccc67)cc5)n4)cc3)cc(-c3ccc(C4CC5CCC4C5)cc3)n2)cc1. The van der Waals surface area contributed by atoms with E-state index in [0.717, 1.165) is 62.2 Å². The van der Waals surface area contributed by atoms with E-state index in [0.29, 0.717) is 29.2 Å². The second-order valence-corrected chi connectivity index (χ2v) is 16.1. The Morgan fingerprint density at radius 1 is 0.356 bits per heavy atom. The molecule has 2 heterocycles. The molecule has 5 heteroatoms.